The molecule has 0 amide bonds. The molecule has 4 nitrogen and oxygen atoms in total. The van der Waals surface area contributed by atoms with Gasteiger partial charge < -0.3 is 10.2 Å². The van der Waals surface area contributed by atoms with Crippen molar-refractivity contribution in [3.05, 3.63) is 40.4 Å². The molecule has 1 N–H and O–H groups in total. The predicted octanol–water partition coefficient (Wildman–Crippen LogP) is 3.89. The van der Waals surface area contributed by atoms with Crippen molar-refractivity contribution >= 4 is 40.2 Å². The average Bonchev–Trinajstić information content (AvgIpc) is 2.84. The lowest BCUT2D eigenvalue weighted by Crippen LogP contribution is -2.44. The predicted molar refractivity (Wildman–Crippen MR) is 102 cm³/mol. The third-order valence-electron chi connectivity index (χ3n) is 4.78. The lowest BCUT2D eigenvalue weighted by molar-refractivity contribution is 0.584. The molecule has 0 unspecified atom stereocenters. The van der Waals surface area contributed by atoms with Crippen molar-refractivity contribution in [2.45, 2.75) is 19.8 Å². The maximum absolute atomic E-state index is 6.24. The second-order valence-electron chi connectivity index (χ2n) is 6.29. The van der Waals surface area contributed by atoms with E-state index in [2.05, 4.69) is 23.2 Å². The number of rotatable bonds is 2. The molecule has 5 heteroatoms. The fourth-order valence-corrected chi connectivity index (χ4v) is 3.61. The van der Waals surface area contributed by atoms with Crippen LogP contribution in [0.3, 0.4) is 0 Å². The van der Waals surface area contributed by atoms with Gasteiger partial charge in [0.25, 0.3) is 0 Å². The lowest BCUT2D eigenvalue weighted by Gasteiger charge is -2.31. The third-order valence-corrected chi connectivity index (χ3v) is 5.02. The molecule has 1 fully saturated rings. The monoisotopic (exact) mass is 340 g/mol. The molecule has 1 aromatic carbocycles. The molecular weight excluding hydrogens is 320 g/mol. The first-order valence-electron chi connectivity index (χ1n) is 8.56. The summed E-state index contributed by atoms with van der Waals surface area (Å²) in [6.45, 7) is 6.14. The number of nitrogens with one attached hydrogen (secondary N) is 1. The normalized spacial score (nSPS) is 17.6. The minimum absolute atomic E-state index is 0.726. The summed E-state index contributed by atoms with van der Waals surface area (Å²) >= 11 is 6.24. The van der Waals surface area contributed by atoms with Crippen LogP contribution in [0.25, 0.3) is 10.9 Å². The number of halogens is 1. The maximum atomic E-state index is 6.24. The van der Waals surface area contributed by atoms with Crippen molar-refractivity contribution in [1.29, 1.82) is 0 Å². The largest absolute Gasteiger partial charge is 0.354 e. The van der Waals surface area contributed by atoms with Crippen LogP contribution in [-0.2, 0) is 6.42 Å². The summed E-state index contributed by atoms with van der Waals surface area (Å²) in [6.07, 6.45) is 5.99. The van der Waals surface area contributed by atoms with E-state index in [1.165, 1.54) is 11.1 Å². The Balaban J connectivity index is 1.94. The summed E-state index contributed by atoms with van der Waals surface area (Å²) in [5.74, 6) is 1.08. The Hall–Kier alpha value is -1.91. The van der Waals surface area contributed by atoms with Gasteiger partial charge in [-0.05, 0) is 37.1 Å². The van der Waals surface area contributed by atoms with Gasteiger partial charge in [0, 0.05) is 48.4 Å². The molecule has 1 saturated heterocycles. The summed E-state index contributed by atoms with van der Waals surface area (Å²) in [5.41, 5.74) is 4.60. The highest BCUT2D eigenvalue weighted by atomic mass is 35.5. The minimum Gasteiger partial charge on any atom is -0.354 e. The molecule has 0 saturated carbocycles. The number of pyridine rings is 1. The molecule has 2 aliphatic heterocycles. The first-order chi connectivity index (χ1) is 11.8. The molecule has 3 heterocycles. The van der Waals surface area contributed by atoms with Gasteiger partial charge in [0.15, 0.2) is 0 Å². The van der Waals surface area contributed by atoms with E-state index in [0.29, 0.717) is 0 Å². The third kappa shape index (κ3) is 2.80. The molecule has 2 aliphatic rings. The number of piperazine rings is 1. The summed E-state index contributed by atoms with van der Waals surface area (Å²) in [4.78, 5) is 12.2. The van der Waals surface area contributed by atoms with Gasteiger partial charge in [0.2, 0.25) is 0 Å². The Kier molecular flexibility index (Phi) is 4.25. The van der Waals surface area contributed by atoms with Crippen LogP contribution in [0.15, 0.2) is 34.8 Å². The molecule has 0 radical (unpaired) electrons. The van der Waals surface area contributed by atoms with Gasteiger partial charge >= 0.3 is 0 Å². The van der Waals surface area contributed by atoms with Crippen molar-refractivity contribution in [2.24, 2.45) is 4.99 Å². The highest BCUT2D eigenvalue weighted by Gasteiger charge is 2.22. The number of allylic oxidation sites excluding steroid dienone is 2. The molecule has 0 spiro atoms. The van der Waals surface area contributed by atoms with Gasteiger partial charge in [-0.2, -0.15) is 0 Å². The molecule has 4 rings (SSSR count). The molecule has 0 aliphatic carbocycles. The van der Waals surface area contributed by atoms with Crippen molar-refractivity contribution in [3.63, 3.8) is 0 Å². The standard InChI is InChI=1S/C19H21ClN4/c1-2-13-5-6-22-18-15-12-14(20)3-4-17(15)23-19(16(18)11-13)24-9-7-21-8-10-24/h3-6,12,21H,2,7-11H2,1H3. The van der Waals surface area contributed by atoms with E-state index in [9.17, 15) is 0 Å². The molecule has 2 aromatic rings. The highest BCUT2D eigenvalue weighted by molar-refractivity contribution is 6.31. The first kappa shape index (κ1) is 15.6. The number of hydrogen-bond acceptors (Lipinski definition) is 4. The number of aliphatic imine (C=N–C) groups is 1. The molecular formula is C19H21ClN4. The second kappa shape index (κ2) is 6.54. The number of anilines is 1. The number of hydrogen-bond donors (Lipinski definition) is 1. The zero-order valence-electron chi connectivity index (χ0n) is 13.8. The number of nitrogens with zero attached hydrogens (tertiary/aromatic N) is 3. The van der Waals surface area contributed by atoms with Crippen LogP contribution in [0.5, 0.6) is 0 Å². The topological polar surface area (TPSA) is 40.5 Å². The van der Waals surface area contributed by atoms with Crippen LogP contribution in [-0.4, -0.2) is 37.4 Å². The lowest BCUT2D eigenvalue weighted by atomic mass is 9.99. The quantitative estimate of drug-likeness (QED) is 0.901. The molecule has 1 aromatic heterocycles. The Morgan fingerprint density at radius 3 is 2.88 bits per heavy atom. The summed E-state index contributed by atoms with van der Waals surface area (Å²) in [6, 6.07) is 5.89. The van der Waals surface area contributed by atoms with Crippen LogP contribution >= 0.6 is 11.6 Å². The average molecular weight is 341 g/mol. The van der Waals surface area contributed by atoms with E-state index in [4.69, 9.17) is 21.6 Å². The summed E-state index contributed by atoms with van der Waals surface area (Å²) in [5, 5.41) is 5.18. The van der Waals surface area contributed by atoms with Crippen LogP contribution < -0.4 is 10.2 Å². The summed E-state index contributed by atoms with van der Waals surface area (Å²) < 4.78 is 0. The van der Waals surface area contributed by atoms with Gasteiger partial charge in [-0.1, -0.05) is 24.1 Å². The Bertz CT molecular complexity index is 835. The van der Waals surface area contributed by atoms with E-state index in [1.807, 2.05) is 24.4 Å². The van der Waals surface area contributed by atoms with Crippen molar-refractivity contribution in [2.75, 3.05) is 31.1 Å². The van der Waals surface area contributed by atoms with Gasteiger partial charge in [-0.15, -0.1) is 0 Å². The van der Waals surface area contributed by atoms with Crippen molar-refractivity contribution < 1.29 is 0 Å². The van der Waals surface area contributed by atoms with Crippen LogP contribution in [0.4, 0.5) is 11.5 Å². The Morgan fingerprint density at radius 1 is 1.25 bits per heavy atom. The van der Waals surface area contributed by atoms with Gasteiger partial charge in [0.1, 0.15) is 5.82 Å². The van der Waals surface area contributed by atoms with E-state index in [1.54, 1.807) is 0 Å². The van der Waals surface area contributed by atoms with Crippen LogP contribution in [0, 0.1) is 0 Å². The molecule has 0 bridgehead atoms. The fraction of sp³-hybridized carbons (Fsp3) is 0.368. The molecule has 24 heavy (non-hydrogen) atoms. The smallest absolute Gasteiger partial charge is 0.135 e. The van der Waals surface area contributed by atoms with E-state index in [-0.39, 0.29) is 0 Å². The van der Waals surface area contributed by atoms with E-state index in [0.717, 1.165) is 66.5 Å². The van der Waals surface area contributed by atoms with Crippen molar-refractivity contribution in [3.8, 4) is 0 Å². The van der Waals surface area contributed by atoms with Gasteiger partial charge in [-0.25, -0.2) is 4.98 Å². The highest BCUT2D eigenvalue weighted by Crippen LogP contribution is 2.39. The van der Waals surface area contributed by atoms with E-state index < -0.39 is 0 Å². The fourth-order valence-electron chi connectivity index (χ4n) is 3.44. The van der Waals surface area contributed by atoms with Crippen LogP contribution in [0.2, 0.25) is 5.02 Å². The zero-order valence-corrected chi connectivity index (χ0v) is 14.6. The Morgan fingerprint density at radius 2 is 2.08 bits per heavy atom. The molecule has 124 valence electrons. The zero-order chi connectivity index (χ0) is 16.5. The number of fused-ring (bicyclic) bond motifs is 3. The minimum atomic E-state index is 0.726. The second-order valence-corrected chi connectivity index (χ2v) is 6.73. The number of aromatic nitrogens is 1. The Labute approximate surface area is 147 Å². The number of benzene rings is 1. The van der Waals surface area contributed by atoms with Crippen LogP contribution in [0.1, 0.15) is 18.9 Å². The SMILES string of the molecule is CCC1=CC=Nc2c(c(N3CCNCC3)nc3ccc(Cl)cc23)C1. The first-order valence-corrected chi connectivity index (χ1v) is 8.94. The van der Waals surface area contributed by atoms with Gasteiger partial charge in [0.05, 0.1) is 11.2 Å². The van der Waals surface area contributed by atoms with Crippen molar-refractivity contribution in [1.82, 2.24) is 10.3 Å². The maximum Gasteiger partial charge on any atom is 0.135 e. The van der Waals surface area contributed by atoms with Gasteiger partial charge in [-0.3, -0.25) is 4.99 Å². The summed E-state index contributed by atoms with van der Waals surface area (Å²) in [7, 11) is 0. The molecule has 0 atom stereocenters. The van der Waals surface area contributed by atoms with E-state index >= 15 is 0 Å².